The summed E-state index contributed by atoms with van der Waals surface area (Å²) in [5.74, 6) is 0.633. The average molecular weight is 323 g/mol. The maximum atomic E-state index is 11.5. The molecule has 0 aliphatic carbocycles. The molecule has 20 heavy (non-hydrogen) atoms. The number of hydrogen-bond acceptors (Lipinski definition) is 6. The van der Waals surface area contributed by atoms with Crippen LogP contribution in [0.1, 0.15) is 18.7 Å². The van der Waals surface area contributed by atoms with E-state index in [0.29, 0.717) is 25.4 Å². The number of ether oxygens (including phenoxy) is 1. The molecule has 1 aliphatic heterocycles. The summed E-state index contributed by atoms with van der Waals surface area (Å²) < 4.78 is 29.5. The van der Waals surface area contributed by atoms with Gasteiger partial charge in [0.2, 0.25) is 0 Å². The number of hydrogen-bond donors (Lipinski definition) is 0. The molecule has 1 aromatic heterocycles. The van der Waals surface area contributed by atoms with Gasteiger partial charge in [-0.25, -0.2) is 8.42 Å². The third-order valence-electron chi connectivity index (χ3n) is 3.38. The SMILES string of the molecule is COCCn1c(CCN2CCCC2)nnc1S(=O)(=O)Cl. The van der Waals surface area contributed by atoms with Crippen molar-refractivity contribution >= 4 is 19.7 Å². The molecule has 0 amide bonds. The van der Waals surface area contributed by atoms with E-state index in [0.717, 1.165) is 19.6 Å². The Morgan fingerprint density at radius 3 is 2.55 bits per heavy atom. The molecule has 1 saturated heterocycles. The Bertz CT molecular complexity index is 540. The summed E-state index contributed by atoms with van der Waals surface area (Å²) in [6.45, 7) is 3.79. The normalized spacial score (nSPS) is 16.9. The molecule has 1 aromatic rings. The predicted molar refractivity (Wildman–Crippen MR) is 74.3 cm³/mol. The van der Waals surface area contributed by atoms with Gasteiger partial charge in [0.15, 0.2) is 0 Å². The van der Waals surface area contributed by atoms with Crippen LogP contribution in [0.4, 0.5) is 0 Å². The van der Waals surface area contributed by atoms with Crippen LogP contribution < -0.4 is 0 Å². The Morgan fingerprint density at radius 1 is 1.25 bits per heavy atom. The smallest absolute Gasteiger partial charge is 0.296 e. The first-order chi connectivity index (χ1) is 9.52. The second-order valence-corrected chi connectivity index (χ2v) is 7.24. The van der Waals surface area contributed by atoms with Gasteiger partial charge in [-0.15, -0.1) is 10.2 Å². The third-order valence-corrected chi connectivity index (χ3v) is 4.53. The zero-order valence-corrected chi connectivity index (χ0v) is 13.0. The molecule has 1 aliphatic rings. The summed E-state index contributed by atoms with van der Waals surface area (Å²) in [4.78, 5) is 2.34. The van der Waals surface area contributed by atoms with Crippen LogP contribution in [0.2, 0.25) is 0 Å². The van der Waals surface area contributed by atoms with Gasteiger partial charge in [0, 0.05) is 37.3 Å². The maximum Gasteiger partial charge on any atom is 0.296 e. The highest BCUT2D eigenvalue weighted by Gasteiger charge is 2.23. The maximum absolute atomic E-state index is 11.5. The molecule has 0 radical (unpaired) electrons. The molecule has 7 nitrogen and oxygen atoms in total. The largest absolute Gasteiger partial charge is 0.383 e. The Balaban J connectivity index is 2.12. The van der Waals surface area contributed by atoms with E-state index in [1.54, 1.807) is 7.11 Å². The van der Waals surface area contributed by atoms with Crippen LogP contribution in [0.3, 0.4) is 0 Å². The average Bonchev–Trinajstić information content (AvgIpc) is 3.02. The number of likely N-dealkylation sites (tertiary alicyclic amines) is 1. The Labute approximate surface area is 123 Å². The van der Waals surface area contributed by atoms with Crippen LogP contribution in [0.15, 0.2) is 5.16 Å². The number of aromatic nitrogens is 3. The van der Waals surface area contributed by atoms with E-state index >= 15 is 0 Å². The molecule has 0 spiro atoms. The molecule has 0 bridgehead atoms. The highest BCUT2D eigenvalue weighted by Crippen LogP contribution is 2.15. The van der Waals surface area contributed by atoms with E-state index in [1.165, 1.54) is 17.4 Å². The molecule has 2 heterocycles. The summed E-state index contributed by atoms with van der Waals surface area (Å²) in [6.07, 6.45) is 3.10. The lowest BCUT2D eigenvalue weighted by Gasteiger charge is -2.14. The van der Waals surface area contributed by atoms with Crippen molar-refractivity contribution in [2.45, 2.75) is 31.0 Å². The Morgan fingerprint density at radius 2 is 1.95 bits per heavy atom. The minimum Gasteiger partial charge on any atom is -0.383 e. The lowest BCUT2D eigenvalue weighted by Crippen LogP contribution is -2.24. The quantitative estimate of drug-likeness (QED) is 0.680. The molecule has 1 fully saturated rings. The third kappa shape index (κ3) is 3.91. The topological polar surface area (TPSA) is 77.3 Å². The fourth-order valence-corrected chi connectivity index (χ4v) is 3.30. The summed E-state index contributed by atoms with van der Waals surface area (Å²) in [5, 5.41) is 7.47. The summed E-state index contributed by atoms with van der Waals surface area (Å²) in [5.41, 5.74) is 0. The van der Waals surface area contributed by atoms with E-state index < -0.39 is 9.05 Å². The highest BCUT2D eigenvalue weighted by atomic mass is 35.7. The molecule has 114 valence electrons. The summed E-state index contributed by atoms with van der Waals surface area (Å²) in [7, 11) is 3.05. The van der Waals surface area contributed by atoms with E-state index in [2.05, 4.69) is 15.1 Å². The number of rotatable bonds is 7. The van der Waals surface area contributed by atoms with Crippen molar-refractivity contribution in [3.8, 4) is 0 Å². The molecule has 0 unspecified atom stereocenters. The Kier molecular flexibility index (Phi) is 5.36. The summed E-state index contributed by atoms with van der Waals surface area (Å²) >= 11 is 0. The van der Waals surface area contributed by atoms with Gasteiger partial charge >= 0.3 is 0 Å². The lowest BCUT2D eigenvalue weighted by atomic mass is 10.3. The van der Waals surface area contributed by atoms with Crippen molar-refractivity contribution < 1.29 is 13.2 Å². The first-order valence-electron chi connectivity index (χ1n) is 6.60. The zero-order chi connectivity index (χ0) is 14.6. The van der Waals surface area contributed by atoms with Gasteiger partial charge < -0.3 is 9.64 Å². The van der Waals surface area contributed by atoms with Crippen molar-refractivity contribution in [3.63, 3.8) is 0 Å². The Hall–Kier alpha value is -0.700. The second-order valence-electron chi connectivity index (χ2n) is 4.78. The van der Waals surface area contributed by atoms with Gasteiger partial charge in [-0.1, -0.05) is 0 Å². The molecule has 0 atom stereocenters. The first kappa shape index (κ1) is 15.7. The van der Waals surface area contributed by atoms with E-state index in [9.17, 15) is 8.42 Å². The van der Waals surface area contributed by atoms with Crippen LogP contribution in [-0.2, 0) is 26.8 Å². The van der Waals surface area contributed by atoms with Crippen LogP contribution in [0, 0.1) is 0 Å². The van der Waals surface area contributed by atoms with Gasteiger partial charge in [0.25, 0.3) is 14.2 Å². The first-order valence-corrected chi connectivity index (χ1v) is 8.91. The molecule has 0 saturated carbocycles. The van der Waals surface area contributed by atoms with Crippen LogP contribution in [0.5, 0.6) is 0 Å². The number of nitrogens with zero attached hydrogens (tertiary/aromatic N) is 4. The van der Waals surface area contributed by atoms with Crippen molar-refractivity contribution in [2.75, 3.05) is 33.4 Å². The molecule has 2 rings (SSSR count). The predicted octanol–water partition coefficient (Wildman–Crippen LogP) is 0.490. The van der Waals surface area contributed by atoms with Crippen LogP contribution in [-0.4, -0.2) is 61.4 Å². The second kappa shape index (κ2) is 6.84. The van der Waals surface area contributed by atoms with Crippen molar-refractivity contribution in [2.24, 2.45) is 0 Å². The van der Waals surface area contributed by atoms with Crippen LogP contribution >= 0.6 is 10.7 Å². The molecule has 9 heteroatoms. The standard InChI is InChI=1S/C11H19ClN4O3S/c1-19-9-8-16-10(4-7-15-5-2-3-6-15)13-14-11(16)20(12,17)18/h2-9H2,1H3. The molecule has 0 aromatic carbocycles. The van der Waals surface area contributed by atoms with Gasteiger partial charge in [-0.2, -0.15) is 0 Å². The van der Waals surface area contributed by atoms with E-state index in [4.69, 9.17) is 15.4 Å². The van der Waals surface area contributed by atoms with Gasteiger partial charge in [0.1, 0.15) is 5.82 Å². The molecular weight excluding hydrogens is 304 g/mol. The molecular formula is C11H19ClN4O3S. The van der Waals surface area contributed by atoms with Gasteiger partial charge in [0.05, 0.1) is 6.61 Å². The number of halogens is 1. The summed E-state index contributed by atoms with van der Waals surface area (Å²) in [6, 6.07) is 0. The minimum absolute atomic E-state index is 0.201. The van der Waals surface area contributed by atoms with E-state index in [-0.39, 0.29) is 5.16 Å². The zero-order valence-electron chi connectivity index (χ0n) is 11.5. The monoisotopic (exact) mass is 322 g/mol. The van der Waals surface area contributed by atoms with E-state index in [1.807, 2.05) is 0 Å². The fourth-order valence-electron chi connectivity index (χ4n) is 2.36. The van der Waals surface area contributed by atoms with Crippen LogP contribution in [0.25, 0.3) is 0 Å². The number of methoxy groups -OCH3 is 1. The highest BCUT2D eigenvalue weighted by molar-refractivity contribution is 8.13. The van der Waals surface area contributed by atoms with Gasteiger partial charge in [-0.05, 0) is 25.9 Å². The minimum atomic E-state index is -3.89. The fraction of sp³-hybridized carbons (Fsp3) is 0.818. The van der Waals surface area contributed by atoms with Crippen molar-refractivity contribution in [3.05, 3.63) is 5.82 Å². The van der Waals surface area contributed by atoms with Crippen molar-refractivity contribution in [1.29, 1.82) is 0 Å². The van der Waals surface area contributed by atoms with Gasteiger partial charge in [-0.3, -0.25) is 4.57 Å². The molecule has 0 N–H and O–H groups in total. The van der Waals surface area contributed by atoms with Crippen molar-refractivity contribution in [1.82, 2.24) is 19.7 Å². The lowest BCUT2D eigenvalue weighted by molar-refractivity contribution is 0.183.